The summed E-state index contributed by atoms with van der Waals surface area (Å²) in [7, 11) is 0. The topological polar surface area (TPSA) is 90.7 Å². The average molecular weight is 485 g/mol. The standard InChI is InChI=1S/C19H27N5O2.HI/c1-2-20-19(23-11-14-24-12-3-4-13-24)22-10-6-9-21-18(26)16-7-5-8-17(25)15-16;/h3-5,7-8,12-13,15,25H,2,6,9-11,14H2,1H3,(H,21,26)(H2,20,22,23);1H. The molecule has 0 spiro atoms. The Hall–Kier alpha value is -2.23. The second kappa shape index (κ2) is 13.0. The van der Waals surface area contributed by atoms with Crippen molar-refractivity contribution in [2.24, 2.45) is 4.99 Å². The summed E-state index contributed by atoms with van der Waals surface area (Å²) in [4.78, 5) is 16.5. The number of amides is 1. The Bertz CT molecular complexity index is 704. The summed E-state index contributed by atoms with van der Waals surface area (Å²) in [6, 6.07) is 10.3. The Morgan fingerprint density at radius 1 is 1.11 bits per heavy atom. The molecular formula is C19H28IN5O2. The minimum Gasteiger partial charge on any atom is -0.508 e. The molecule has 0 fully saturated rings. The van der Waals surface area contributed by atoms with E-state index in [9.17, 15) is 9.90 Å². The van der Waals surface area contributed by atoms with Crippen molar-refractivity contribution in [2.75, 3.05) is 26.2 Å². The van der Waals surface area contributed by atoms with E-state index in [-0.39, 0.29) is 35.6 Å². The highest BCUT2D eigenvalue weighted by Gasteiger charge is 2.05. The van der Waals surface area contributed by atoms with Gasteiger partial charge in [-0.3, -0.25) is 9.79 Å². The maximum Gasteiger partial charge on any atom is 0.251 e. The van der Waals surface area contributed by atoms with E-state index in [1.807, 2.05) is 31.5 Å². The van der Waals surface area contributed by atoms with Crippen LogP contribution in [0.15, 0.2) is 53.8 Å². The Labute approximate surface area is 177 Å². The SMILES string of the molecule is CCNC(=NCCCNC(=O)c1cccc(O)c1)NCCn1cccc1.I. The van der Waals surface area contributed by atoms with Crippen LogP contribution in [0.3, 0.4) is 0 Å². The van der Waals surface area contributed by atoms with Crippen LogP contribution < -0.4 is 16.0 Å². The van der Waals surface area contributed by atoms with Crippen molar-refractivity contribution < 1.29 is 9.90 Å². The van der Waals surface area contributed by atoms with Gasteiger partial charge in [-0.15, -0.1) is 24.0 Å². The van der Waals surface area contributed by atoms with Crippen LogP contribution in [0.2, 0.25) is 0 Å². The maximum absolute atomic E-state index is 12.0. The number of hydrogen-bond acceptors (Lipinski definition) is 3. The summed E-state index contributed by atoms with van der Waals surface area (Å²) in [5.74, 6) is 0.670. The maximum atomic E-state index is 12.0. The summed E-state index contributed by atoms with van der Waals surface area (Å²) in [5, 5.41) is 18.7. The van der Waals surface area contributed by atoms with E-state index < -0.39 is 0 Å². The number of rotatable bonds is 9. The highest BCUT2D eigenvalue weighted by Crippen LogP contribution is 2.10. The van der Waals surface area contributed by atoms with E-state index in [2.05, 4.69) is 25.5 Å². The van der Waals surface area contributed by atoms with Crippen LogP contribution >= 0.6 is 24.0 Å². The van der Waals surface area contributed by atoms with Gasteiger partial charge in [-0.25, -0.2) is 0 Å². The third-order valence-corrected chi connectivity index (χ3v) is 3.67. The number of aromatic nitrogens is 1. The van der Waals surface area contributed by atoms with Crippen LogP contribution in [0.5, 0.6) is 5.75 Å². The molecule has 8 heteroatoms. The van der Waals surface area contributed by atoms with Gasteiger partial charge in [0.2, 0.25) is 0 Å². The van der Waals surface area contributed by atoms with Crippen LogP contribution in [-0.2, 0) is 6.54 Å². The van der Waals surface area contributed by atoms with Crippen LogP contribution in [0, 0.1) is 0 Å². The number of guanidine groups is 1. The summed E-state index contributed by atoms with van der Waals surface area (Å²) in [6.45, 7) is 5.62. The molecule has 1 aromatic carbocycles. The quantitative estimate of drug-likeness (QED) is 0.190. The van der Waals surface area contributed by atoms with Crippen molar-refractivity contribution in [1.29, 1.82) is 0 Å². The number of aromatic hydroxyl groups is 1. The van der Waals surface area contributed by atoms with Gasteiger partial charge in [0, 0.05) is 50.7 Å². The van der Waals surface area contributed by atoms with Crippen LogP contribution in [0.4, 0.5) is 0 Å². The molecule has 1 heterocycles. The second-order valence-corrected chi connectivity index (χ2v) is 5.77. The van der Waals surface area contributed by atoms with Crippen molar-refractivity contribution in [3.63, 3.8) is 0 Å². The lowest BCUT2D eigenvalue weighted by Crippen LogP contribution is -2.39. The van der Waals surface area contributed by atoms with E-state index in [1.165, 1.54) is 12.1 Å². The van der Waals surface area contributed by atoms with E-state index in [1.54, 1.807) is 12.1 Å². The molecular weight excluding hydrogens is 457 g/mol. The molecule has 0 radical (unpaired) electrons. The predicted molar refractivity (Wildman–Crippen MR) is 119 cm³/mol. The van der Waals surface area contributed by atoms with E-state index in [4.69, 9.17) is 0 Å². The number of carbonyl (C=O) groups is 1. The van der Waals surface area contributed by atoms with Gasteiger partial charge in [0.1, 0.15) is 5.75 Å². The second-order valence-electron chi connectivity index (χ2n) is 5.77. The lowest BCUT2D eigenvalue weighted by atomic mass is 10.2. The molecule has 0 aliphatic rings. The van der Waals surface area contributed by atoms with E-state index >= 15 is 0 Å². The molecule has 27 heavy (non-hydrogen) atoms. The van der Waals surface area contributed by atoms with Gasteiger partial charge in [0.15, 0.2) is 5.96 Å². The van der Waals surface area contributed by atoms with Gasteiger partial charge in [-0.05, 0) is 43.7 Å². The lowest BCUT2D eigenvalue weighted by molar-refractivity contribution is 0.0953. The van der Waals surface area contributed by atoms with Gasteiger partial charge in [0.25, 0.3) is 5.91 Å². The number of carbonyl (C=O) groups excluding carboxylic acids is 1. The molecule has 1 amide bonds. The zero-order chi connectivity index (χ0) is 18.6. The highest BCUT2D eigenvalue weighted by atomic mass is 127. The number of halogens is 1. The summed E-state index contributed by atoms with van der Waals surface area (Å²) >= 11 is 0. The fourth-order valence-corrected chi connectivity index (χ4v) is 2.39. The summed E-state index contributed by atoms with van der Waals surface area (Å²) in [5.41, 5.74) is 0.452. The molecule has 2 rings (SSSR count). The van der Waals surface area contributed by atoms with E-state index in [0.717, 1.165) is 32.0 Å². The summed E-state index contributed by atoms with van der Waals surface area (Å²) < 4.78 is 2.10. The van der Waals surface area contributed by atoms with Gasteiger partial charge in [-0.1, -0.05) is 6.07 Å². The molecule has 0 aliphatic carbocycles. The smallest absolute Gasteiger partial charge is 0.251 e. The molecule has 148 valence electrons. The molecule has 2 aromatic rings. The first kappa shape index (κ1) is 22.8. The highest BCUT2D eigenvalue weighted by molar-refractivity contribution is 14.0. The minimum atomic E-state index is -0.193. The number of nitrogens with one attached hydrogen (secondary N) is 3. The van der Waals surface area contributed by atoms with Gasteiger partial charge >= 0.3 is 0 Å². The zero-order valence-corrected chi connectivity index (χ0v) is 17.8. The molecule has 0 bridgehead atoms. The molecule has 0 aliphatic heterocycles. The van der Waals surface area contributed by atoms with Crippen molar-refractivity contribution in [3.8, 4) is 5.75 Å². The number of benzene rings is 1. The molecule has 0 saturated heterocycles. The summed E-state index contributed by atoms with van der Waals surface area (Å²) in [6.07, 6.45) is 4.79. The van der Waals surface area contributed by atoms with Gasteiger partial charge < -0.3 is 25.6 Å². The van der Waals surface area contributed by atoms with Crippen LogP contribution in [-0.4, -0.2) is 47.7 Å². The Kier molecular flexibility index (Phi) is 11.0. The van der Waals surface area contributed by atoms with Crippen molar-refractivity contribution in [1.82, 2.24) is 20.5 Å². The molecule has 7 nitrogen and oxygen atoms in total. The minimum absolute atomic E-state index is 0. The zero-order valence-electron chi connectivity index (χ0n) is 15.5. The monoisotopic (exact) mass is 485 g/mol. The average Bonchev–Trinajstić information content (AvgIpc) is 3.14. The number of aliphatic imine (C=N–C) groups is 1. The normalized spacial score (nSPS) is 10.8. The molecule has 0 unspecified atom stereocenters. The molecule has 0 saturated carbocycles. The first-order valence-electron chi connectivity index (χ1n) is 8.89. The van der Waals surface area contributed by atoms with Crippen LogP contribution in [0.25, 0.3) is 0 Å². The van der Waals surface area contributed by atoms with Gasteiger partial charge in [0.05, 0.1) is 0 Å². The van der Waals surface area contributed by atoms with Crippen molar-refractivity contribution >= 4 is 35.8 Å². The molecule has 0 atom stereocenters. The van der Waals surface area contributed by atoms with Crippen molar-refractivity contribution in [2.45, 2.75) is 19.9 Å². The Morgan fingerprint density at radius 2 is 1.89 bits per heavy atom. The number of phenolic OH excluding ortho intramolecular Hbond substituents is 1. The molecule has 1 aromatic heterocycles. The number of hydrogen-bond donors (Lipinski definition) is 4. The van der Waals surface area contributed by atoms with Gasteiger partial charge in [-0.2, -0.15) is 0 Å². The Balaban J connectivity index is 0.00000364. The number of nitrogens with zero attached hydrogens (tertiary/aromatic N) is 2. The van der Waals surface area contributed by atoms with Crippen LogP contribution in [0.1, 0.15) is 23.7 Å². The first-order valence-corrected chi connectivity index (χ1v) is 8.89. The lowest BCUT2D eigenvalue weighted by Gasteiger charge is -2.12. The fraction of sp³-hybridized carbons (Fsp3) is 0.368. The third-order valence-electron chi connectivity index (χ3n) is 3.67. The third kappa shape index (κ3) is 8.80. The largest absolute Gasteiger partial charge is 0.508 e. The number of phenols is 1. The van der Waals surface area contributed by atoms with Crippen molar-refractivity contribution in [3.05, 3.63) is 54.4 Å². The molecule has 4 N–H and O–H groups in total. The predicted octanol–water partition coefficient (Wildman–Crippen LogP) is 2.19. The fourth-order valence-electron chi connectivity index (χ4n) is 2.39. The first-order chi connectivity index (χ1) is 12.7. The Morgan fingerprint density at radius 3 is 2.59 bits per heavy atom. The van der Waals surface area contributed by atoms with E-state index in [0.29, 0.717) is 18.7 Å².